The van der Waals surface area contributed by atoms with Gasteiger partial charge >= 0.3 is 0 Å². The first-order valence-corrected chi connectivity index (χ1v) is 7.11. The Balaban J connectivity index is 1.73. The first-order valence-electron chi connectivity index (χ1n) is 7.11. The van der Waals surface area contributed by atoms with Crippen LogP contribution in [0.5, 0.6) is 0 Å². The molecule has 1 atom stereocenters. The molecular weight excluding hydrogens is 242 g/mol. The van der Waals surface area contributed by atoms with E-state index in [2.05, 4.69) is 66.7 Å². The maximum atomic E-state index is 6.33. The summed E-state index contributed by atoms with van der Waals surface area (Å²) in [7, 11) is 0. The molecule has 0 fully saturated rings. The smallest absolute Gasteiger partial charge is 0.0298 e. The van der Waals surface area contributed by atoms with Crippen LogP contribution in [-0.2, 0) is 6.42 Å². The molecule has 0 aliphatic carbocycles. The van der Waals surface area contributed by atoms with E-state index in [9.17, 15) is 0 Å². The Labute approximate surface area is 120 Å². The lowest BCUT2D eigenvalue weighted by atomic mass is 9.97. The summed E-state index contributed by atoms with van der Waals surface area (Å²) in [6.07, 6.45) is 2.00. The van der Waals surface area contributed by atoms with Gasteiger partial charge in [-0.15, -0.1) is 0 Å². The van der Waals surface area contributed by atoms with Crippen LogP contribution in [0, 0.1) is 0 Å². The second kappa shape index (κ2) is 5.89. The van der Waals surface area contributed by atoms with Crippen molar-refractivity contribution in [1.82, 2.24) is 0 Å². The van der Waals surface area contributed by atoms with E-state index >= 15 is 0 Å². The largest absolute Gasteiger partial charge is 0.324 e. The number of hydrogen-bond acceptors (Lipinski definition) is 1. The van der Waals surface area contributed by atoms with Crippen LogP contribution < -0.4 is 5.73 Å². The fraction of sp³-hybridized carbons (Fsp3) is 0.158. The summed E-state index contributed by atoms with van der Waals surface area (Å²) in [5.41, 5.74) is 8.91. The topological polar surface area (TPSA) is 26.0 Å². The van der Waals surface area contributed by atoms with Gasteiger partial charge in [0.2, 0.25) is 0 Å². The molecule has 3 aromatic carbocycles. The van der Waals surface area contributed by atoms with Gasteiger partial charge in [-0.3, -0.25) is 0 Å². The third-order valence-corrected chi connectivity index (χ3v) is 3.79. The minimum atomic E-state index is 0.0970. The Bertz CT molecular complexity index is 688. The van der Waals surface area contributed by atoms with Crippen molar-refractivity contribution in [3.63, 3.8) is 0 Å². The zero-order valence-electron chi connectivity index (χ0n) is 11.5. The zero-order valence-corrected chi connectivity index (χ0v) is 11.5. The molecule has 0 aliphatic rings. The van der Waals surface area contributed by atoms with E-state index in [1.165, 1.54) is 21.9 Å². The van der Waals surface area contributed by atoms with Gasteiger partial charge in [-0.2, -0.15) is 0 Å². The zero-order chi connectivity index (χ0) is 13.8. The SMILES string of the molecule is NC(CCc1ccccc1)c1ccc2ccccc2c1. The monoisotopic (exact) mass is 261 g/mol. The number of nitrogens with two attached hydrogens (primary N) is 1. The van der Waals surface area contributed by atoms with Crippen LogP contribution >= 0.6 is 0 Å². The number of hydrogen-bond donors (Lipinski definition) is 1. The third kappa shape index (κ3) is 2.89. The van der Waals surface area contributed by atoms with Crippen LogP contribution in [-0.4, -0.2) is 0 Å². The molecule has 1 heteroatoms. The van der Waals surface area contributed by atoms with Gasteiger partial charge in [-0.25, -0.2) is 0 Å². The van der Waals surface area contributed by atoms with Crippen molar-refractivity contribution in [2.24, 2.45) is 5.73 Å². The molecular formula is C19H19N. The molecule has 20 heavy (non-hydrogen) atoms. The van der Waals surface area contributed by atoms with Gasteiger partial charge in [-0.1, -0.05) is 66.7 Å². The molecule has 1 nitrogen and oxygen atoms in total. The first kappa shape index (κ1) is 12.9. The molecule has 0 spiro atoms. The lowest BCUT2D eigenvalue weighted by Crippen LogP contribution is -2.11. The molecule has 0 aromatic heterocycles. The van der Waals surface area contributed by atoms with Crippen molar-refractivity contribution >= 4 is 10.8 Å². The van der Waals surface area contributed by atoms with E-state index in [1.807, 2.05) is 6.07 Å². The van der Waals surface area contributed by atoms with Gasteiger partial charge in [0.1, 0.15) is 0 Å². The van der Waals surface area contributed by atoms with Gasteiger partial charge < -0.3 is 5.73 Å². The summed E-state index contributed by atoms with van der Waals surface area (Å²) in [5.74, 6) is 0. The molecule has 0 aliphatic heterocycles. The molecule has 3 aromatic rings. The highest BCUT2D eigenvalue weighted by Crippen LogP contribution is 2.22. The number of benzene rings is 3. The summed E-state index contributed by atoms with van der Waals surface area (Å²) in [6, 6.07) is 25.6. The van der Waals surface area contributed by atoms with Crippen molar-refractivity contribution < 1.29 is 0 Å². The molecule has 0 amide bonds. The molecule has 0 bridgehead atoms. The fourth-order valence-corrected chi connectivity index (χ4v) is 2.57. The Morgan fingerprint density at radius 1 is 0.750 bits per heavy atom. The Hall–Kier alpha value is -2.12. The van der Waals surface area contributed by atoms with Crippen molar-refractivity contribution in [3.8, 4) is 0 Å². The third-order valence-electron chi connectivity index (χ3n) is 3.79. The summed E-state index contributed by atoms with van der Waals surface area (Å²) >= 11 is 0. The van der Waals surface area contributed by atoms with E-state index < -0.39 is 0 Å². The predicted octanol–water partition coefficient (Wildman–Crippen LogP) is 4.47. The highest BCUT2D eigenvalue weighted by Gasteiger charge is 2.07. The summed E-state index contributed by atoms with van der Waals surface area (Å²) in [5, 5.41) is 2.53. The van der Waals surface area contributed by atoms with Crippen LogP contribution in [0.3, 0.4) is 0 Å². The Morgan fingerprint density at radius 2 is 1.45 bits per heavy atom. The van der Waals surface area contributed by atoms with Gasteiger partial charge in [0, 0.05) is 6.04 Å². The van der Waals surface area contributed by atoms with Gasteiger partial charge in [0.05, 0.1) is 0 Å². The van der Waals surface area contributed by atoms with Crippen LogP contribution in [0.2, 0.25) is 0 Å². The number of rotatable bonds is 4. The van der Waals surface area contributed by atoms with Crippen LogP contribution in [0.1, 0.15) is 23.6 Å². The summed E-state index contributed by atoms with van der Waals surface area (Å²) < 4.78 is 0. The lowest BCUT2D eigenvalue weighted by molar-refractivity contribution is 0.652. The summed E-state index contributed by atoms with van der Waals surface area (Å²) in [4.78, 5) is 0. The molecule has 1 unspecified atom stereocenters. The lowest BCUT2D eigenvalue weighted by Gasteiger charge is -2.13. The van der Waals surface area contributed by atoms with Crippen molar-refractivity contribution in [2.45, 2.75) is 18.9 Å². The first-order chi connectivity index (χ1) is 9.83. The highest BCUT2D eigenvalue weighted by atomic mass is 14.6. The maximum Gasteiger partial charge on any atom is 0.0298 e. The standard InChI is InChI=1S/C19H19N/c20-19(13-10-15-6-2-1-3-7-15)18-12-11-16-8-4-5-9-17(16)14-18/h1-9,11-12,14,19H,10,13,20H2. The molecule has 0 radical (unpaired) electrons. The molecule has 100 valence electrons. The molecule has 0 saturated carbocycles. The average molecular weight is 261 g/mol. The van der Waals surface area contributed by atoms with E-state index in [1.54, 1.807) is 0 Å². The fourth-order valence-electron chi connectivity index (χ4n) is 2.57. The number of aryl methyl sites for hydroxylation is 1. The molecule has 2 N–H and O–H groups in total. The second-order valence-electron chi connectivity index (χ2n) is 5.24. The van der Waals surface area contributed by atoms with Gasteiger partial charge in [0.25, 0.3) is 0 Å². The predicted molar refractivity (Wildman–Crippen MR) is 85.6 cm³/mol. The average Bonchev–Trinajstić information content (AvgIpc) is 2.53. The van der Waals surface area contributed by atoms with Gasteiger partial charge in [0.15, 0.2) is 0 Å². The molecule has 0 heterocycles. The highest BCUT2D eigenvalue weighted by molar-refractivity contribution is 5.83. The minimum Gasteiger partial charge on any atom is -0.324 e. The van der Waals surface area contributed by atoms with E-state index in [0.717, 1.165) is 12.8 Å². The minimum absolute atomic E-state index is 0.0970. The van der Waals surface area contributed by atoms with E-state index in [-0.39, 0.29) is 6.04 Å². The number of fused-ring (bicyclic) bond motifs is 1. The normalized spacial score (nSPS) is 12.4. The van der Waals surface area contributed by atoms with Crippen LogP contribution in [0.25, 0.3) is 10.8 Å². The van der Waals surface area contributed by atoms with Crippen molar-refractivity contribution in [1.29, 1.82) is 0 Å². The quantitative estimate of drug-likeness (QED) is 0.736. The van der Waals surface area contributed by atoms with E-state index in [4.69, 9.17) is 5.73 Å². The molecule has 0 saturated heterocycles. The van der Waals surface area contributed by atoms with Crippen LogP contribution in [0.4, 0.5) is 0 Å². The van der Waals surface area contributed by atoms with Crippen molar-refractivity contribution in [3.05, 3.63) is 83.9 Å². The Kier molecular flexibility index (Phi) is 3.80. The summed E-state index contributed by atoms with van der Waals surface area (Å²) in [6.45, 7) is 0. The van der Waals surface area contributed by atoms with Crippen LogP contribution in [0.15, 0.2) is 72.8 Å². The Morgan fingerprint density at radius 3 is 2.25 bits per heavy atom. The molecule has 3 rings (SSSR count). The van der Waals surface area contributed by atoms with E-state index in [0.29, 0.717) is 0 Å². The van der Waals surface area contributed by atoms with Gasteiger partial charge in [-0.05, 0) is 40.8 Å². The second-order valence-corrected chi connectivity index (χ2v) is 5.24. The maximum absolute atomic E-state index is 6.33. The van der Waals surface area contributed by atoms with Crippen molar-refractivity contribution in [2.75, 3.05) is 0 Å².